The van der Waals surface area contributed by atoms with Crippen molar-refractivity contribution in [2.45, 2.75) is 13.3 Å². The number of rotatable bonds is 4. The summed E-state index contributed by atoms with van der Waals surface area (Å²) >= 11 is 1.13. The van der Waals surface area contributed by atoms with Gasteiger partial charge in [0.25, 0.3) is 0 Å². The van der Waals surface area contributed by atoms with E-state index in [0.717, 1.165) is 11.3 Å². The minimum absolute atomic E-state index is 0.253. The van der Waals surface area contributed by atoms with Crippen molar-refractivity contribution < 1.29 is 24.2 Å². The highest BCUT2D eigenvalue weighted by Crippen LogP contribution is 2.28. The second-order valence-electron chi connectivity index (χ2n) is 3.23. The molecule has 0 atom stereocenters. The molecule has 2 N–H and O–H groups in total. The molecule has 0 aliphatic carbocycles. The lowest BCUT2D eigenvalue weighted by molar-refractivity contribution is -0.139. The predicted octanol–water partition coefficient (Wildman–Crippen LogP) is 1.26. The normalized spacial score (nSPS) is 9.76. The molecule has 0 saturated heterocycles. The van der Waals surface area contributed by atoms with Crippen LogP contribution in [0.15, 0.2) is 5.38 Å². The molecule has 0 fully saturated rings. The van der Waals surface area contributed by atoms with Gasteiger partial charge in [0, 0.05) is 0 Å². The van der Waals surface area contributed by atoms with Crippen LogP contribution in [-0.2, 0) is 14.3 Å². The Balaban J connectivity index is 2.90. The average Bonchev–Trinajstić information content (AvgIpc) is 2.58. The number of aryl methyl sites for hydroxylation is 1. The van der Waals surface area contributed by atoms with Gasteiger partial charge in [-0.3, -0.25) is 9.59 Å². The van der Waals surface area contributed by atoms with Crippen LogP contribution >= 0.6 is 11.3 Å². The Morgan fingerprint density at radius 2 is 2.12 bits per heavy atom. The summed E-state index contributed by atoms with van der Waals surface area (Å²) in [6, 6.07) is 0. The van der Waals surface area contributed by atoms with Gasteiger partial charge in [0.2, 0.25) is 5.91 Å². The number of hydrogen-bond donors (Lipinski definition) is 2. The lowest BCUT2D eigenvalue weighted by atomic mass is 10.2. The fourth-order valence-corrected chi connectivity index (χ4v) is 2.09. The first-order chi connectivity index (χ1) is 7.95. The zero-order chi connectivity index (χ0) is 13.0. The van der Waals surface area contributed by atoms with Gasteiger partial charge in [0.05, 0.1) is 12.8 Å². The van der Waals surface area contributed by atoms with E-state index in [-0.39, 0.29) is 4.88 Å². The Labute approximate surface area is 101 Å². The van der Waals surface area contributed by atoms with Crippen LogP contribution in [0.1, 0.15) is 21.7 Å². The molecule has 0 aliphatic rings. The molecule has 0 aliphatic heterocycles. The fourth-order valence-electron chi connectivity index (χ4n) is 1.16. The minimum Gasteiger partial charge on any atom is -0.481 e. The molecule has 1 heterocycles. The molecule has 0 bridgehead atoms. The maximum atomic E-state index is 11.4. The number of aliphatic carboxylic acids is 1. The van der Waals surface area contributed by atoms with Crippen molar-refractivity contribution in [2.24, 2.45) is 0 Å². The molecule has 17 heavy (non-hydrogen) atoms. The summed E-state index contributed by atoms with van der Waals surface area (Å²) in [4.78, 5) is 33.3. The molecule has 1 amide bonds. The fraction of sp³-hybridized carbons (Fsp3) is 0.300. The van der Waals surface area contributed by atoms with Crippen LogP contribution in [0, 0.1) is 6.92 Å². The highest BCUT2D eigenvalue weighted by molar-refractivity contribution is 7.12. The molecule has 7 heteroatoms. The number of ether oxygens (including phenoxy) is 1. The monoisotopic (exact) mass is 257 g/mol. The number of nitrogens with one attached hydrogen (secondary N) is 1. The Morgan fingerprint density at radius 1 is 1.47 bits per heavy atom. The third-order valence-corrected chi connectivity index (χ3v) is 3.00. The lowest BCUT2D eigenvalue weighted by Gasteiger charge is -2.05. The van der Waals surface area contributed by atoms with E-state index >= 15 is 0 Å². The number of carbonyl (C=O) groups is 3. The summed E-state index contributed by atoms with van der Waals surface area (Å²) in [6.07, 6.45) is -0.643. The zero-order valence-electron chi connectivity index (χ0n) is 9.27. The van der Waals surface area contributed by atoms with Crippen molar-refractivity contribution in [1.29, 1.82) is 0 Å². The molecule has 0 radical (unpaired) electrons. The van der Waals surface area contributed by atoms with Crippen molar-refractivity contribution in [2.75, 3.05) is 12.4 Å². The summed E-state index contributed by atoms with van der Waals surface area (Å²) in [6.45, 7) is 1.71. The Bertz CT molecular complexity index is 465. The number of amides is 1. The molecule has 1 rings (SSSR count). The van der Waals surface area contributed by atoms with E-state index in [2.05, 4.69) is 10.1 Å². The van der Waals surface area contributed by atoms with E-state index in [0.29, 0.717) is 11.3 Å². The lowest BCUT2D eigenvalue weighted by Crippen LogP contribution is -2.17. The number of esters is 1. The number of hydrogen-bond acceptors (Lipinski definition) is 5. The number of carbonyl (C=O) groups excluding carboxylic acids is 2. The van der Waals surface area contributed by atoms with E-state index in [1.807, 2.05) is 0 Å². The number of methoxy groups -OCH3 is 1. The molecule has 1 aromatic rings. The first kappa shape index (κ1) is 13.2. The van der Waals surface area contributed by atoms with Gasteiger partial charge in [-0.25, -0.2) is 4.79 Å². The van der Waals surface area contributed by atoms with Crippen LogP contribution in [0.5, 0.6) is 0 Å². The van der Waals surface area contributed by atoms with Gasteiger partial charge in [-0.2, -0.15) is 0 Å². The molecule has 92 valence electrons. The van der Waals surface area contributed by atoms with Gasteiger partial charge in [-0.1, -0.05) is 0 Å². The molecule has 6 nitrogen and oxygen atoms in total. The van der Waals surface area contributed by atoms with Gasteiger partial charge in [-0.05, 0) is 17.9 Å². The van der Waals surface area contributed by atoms with Gasteiger partial charge in [0.1, 0.15) is 11.3 Å². The predicted molar refractivity (Wildman–Crippen MR) is 61.3 cm³/mol. The molecule has 0 aromatic carbocycles. The molecule has 1 aromatic heterocycles. The largest absolute Gasteiger partial charge is 0.481 e. The van der Waals surface area contributed by atoms with Crippen molar-refractivity contribution in [3.05, 3.63) is 15.8 Å². The van der Waals surface area contributed by atoms with Gasteiger partial charge < -0.3 is 15.2 Å². The molecule has 0 spiro atoms. The summed E-state index contributed by atoms with van der Waals surface area (Å²) in [5, 5.41) is 12.5. The maximum Gasteiger partial charge on any atom is 0.350 e. The van der Waals surface area contributed by atoms with Crippen molar-refractivity contribution in [3.63, 3.8) is 0 Å². The van der Waals surface area contributed by atoms with E-state index in [4.69, 9.17) is 5.11 Å². The Kier molecular flexibility index (Phi) is 4.22. The van der Waals surface area contributed by atoms with Crippen molar-refractivity contribution in [3.8, 4) is 0 Å². The highest BCUT2D eigenvalue weighted by atomic mass is 32.1. The van der Waals surface area contributed by atoms with Crippen LogP contribution in [0.25, 0.3) is 0 Å². The van der Waals surface area contributed by atoms with Crippen LogP contribution < -0.4 is 5.32 Å². The zero-order valence-corrected chi connectivity index (χ0v) is 10.1. The Morgan fingerprint density at radius 3 is 2.65 bits per heavy atom. The standard InChI is InChI=1S/C10H11NO5S/c1-5-4-17-9(10(15)16-2)8(5)11-6(12)3-7(13)14/h4H,3H2,1-2H3,(H,11,12)(H,13,14). The number of carboxylic acid groups (broad SMARTS) is 1. The van der Waals surface area contributed by atoms with Crippen molar-refractivity contribution >= 4 is 34.9 Å². The molecular formula is C10H11NO5S. The van der Waals surface area contributed by atoms with Gasteiger partial charge >= 0.3 is 11.9 Å². The van der Waals surface area contributed by atoms with E-state index in [1.165, 1.54) is 7.11 Å². The maximum absolute atomic E-state index is 11.4. The SMILES string of the molecule is COC(=O)c1scc(C)c1NC(=O)CC(=O)O. The van der Waals surface area contributed by atoms with Gasteiger partial charge in [0.15, 0.2) is 0 Å². The highest BCUT2D eigenvalue weighted by Gasteiger charge is 2.19. The average molecular weight is 257 g/mol. The third-order valence-electron chi connectivity index (χ3n) is 1.92. The third kappa shape index (κ3) is 3.28. The Hall–Kier alpha value is -1.89. The second kappa shape index (κ2) is 5.44. The van der Waals surface area contributed by atoms with Crippen LogP contribution in [0.4, 0.5) is 5.69 Å². The van der Waals surface area contributed by atoms with E-state index in [1.54, 1.807) is 12.3 Å². The quantitative estimate of drug-likeness (QED) is 0.625. The number of anilines is 1. The van der Waals surface area contributed by atoms with Crippen LogP contribution in [0.2, 0.25) is 0 Å². The molecule has 0 saturated carbocycles. The van der Waals surface area contributed by atoms with E-state index in [9.17, 15) is 14.4 Å². The number of thiophene rings is 1. The van der Waals surface area contributed by atoms with Crippen molar-refractivity contribution in [1.82, 2.24) is 0 Å². The molecule has 0 unspecified atom stereocenters. The summed E-state index contributed by atoms with van der Waals surface area (Å²) in [5.74, 6) is -2.46. The summed E-state index contributed by atoms with van der Waals surface area (Å²) in [7, 11) is 1.24. The first-order valence-electron chi connectivity index (χ1n) is 4.63. The smallest absolute Gasteiger partial charge is 0.350 e. The van der Waals surface area contributed by atoms with Crippen LogP contribution in [-0.4, -0.2) is 30.1 Å². The summed E-state index contributed by atoms with van der Waals surface area (Å²) < 4.78 is 4.56. The topological polar surface area (TPSA) is 92.7 Å². The van der Waals surface area contributed by atoms with Crippen LogP contribution in [0.3, 0.4) is 0 Å². The van der Waals surface area contributed by atoms with E-state index < -0.39 is 24.3 Å². The first-order valence-corrected chi connectivity index (χ1v) is 5.51. The van der Waals surface area contributed by atoms with Gasteiger partial charge in [-0.15, -0.1) is 11.3 Å². The minimum atomic E-state index is -1.23. The summed E-state index contributed by atoms with van der Waals surface area (Å²) in [5.41, 5.74) is 1.00. The number of carboxylic acids is 1. The second-order valence-corrected chi connectivity index (χ2v) is 4.11. The molecular weight excluding hydrogens is 246 g/mol.